The Morgan fingerprint density at radius 1 is 1.23 bits per heavy atom. The van der Waals surface area contributed by atoms with Gasteiger partial charge in [-0.2, -0.15) is 5.26 Å². The zero-order chi connectivity index (χ0) is 15.4. The quantitative estimate of drug-likeness (QED) is 0.910. The van der Waals surface area contributed by atoms with Crippen LogP contribution in [0.4, 0.5) is 5.69 Å². The van der Waals surface area contributed by atoms with Crippen molar-refractivity contribution in [1.29, 1.82) is 5.26 Å². The largest absolute Gasteiger partial charge is 0.384 e. The minimum atomic E-state index is 0.117. The van der Waals surface area contributed by atoms with Gasteiger partial charge in [0.25, 0.3) is 0 Å². The first kappa shape index (κ1) is 14.9. The molecule has 2 atom stereocenters. The second-order valence-electron chi connectivity index (χ2n) is 5.43. The van der Waals surface area contributed by atoms with Gasteiger partial charge in [-0.15, -0.1) is 0 Å². The lowest BCUT2D eigenvalue weighted by Gasteiger charge is -2.20. The molecule has 1 aliphatic heterocycles. The molecule has 0 radical (unpaired) electrons. The van der Waals surface area contributed by atoms with Crippen LogP contribution in [0, 0.1) is 17.2 Å². The monoisotopic (exact) mass is 312 g/mol. The molecule has 1 aliphatic rings. The molecule has 112 valence electrons. The number of halogens is 1. The van der Waals surface area contributed by atoms with Crippen molar-refractivity contribution < 1.29 is 4.74 Å². The fourth-order valence-electron chi connectivity index (χ4n) is 2.86. The van der Waals surface area contributed by atoms with Gasteiger partial charge in [0.1, 0.15) is 6.07 Å². The van der Waals surface area contributed by atoms with Crippen molar-refractivity contribution in [2.45, 2.75) is 12.5 Å². The molecule has 22 heavy (non-hydrogen) atoms. The highest BCUT2D eigenvalue weighted by Crippen LogP contribution is 2.34. The van der Waals surface area contributed by atoms with Crippen molar-refractivity contribution in [1.82, 2.24) is 0 Å². The van der Waals surface area contributed by atoms with Crippen LogP contribution < -0.4 is 5.32 Å². The third-order valence-electron chi connectivity index (χ3n) is 4.00. The maximum atomic E-state index is 9.19. The van der Waals surface area contributed by atoms with E-state index in [-0.39, 0.29) is 6.10 Å². The van der Waals surface area contributed by atoms with Gasteiger partial charge >= 0.3 is 0 Å². The Hall–Kier alpha value is -2.02. The average molecular weight is 313 g/mol. The van der Waals surface area contributed by atoms with Gasteiger partial charge in [-0.1, -0.05) is 41.9 Å². The zero-order valence-electron chi connectivity index (χ0n) is 12.1. The molecule has 2 aromatic carbocycles. The Labute approximate surface area is 135 Å². The maximum Gasteiger partial charge on any atom is 0.101 e. The second-order valence-corrected chi connectivity index (χ2v) is 5.87. The average Bonchev–Trinajstić information content (AvgIpc) is 3.03. The molecule has 1 heterocycles. The van der Waals surface area contributed by atoms with Gasteiger partial charge in [-0.05, 0) is 30.2 Å². The first-order chi connectivity index (χ1) is 10.8. The van der Waals surface area contributed by atoms with E-state index in [1.807, 2.05) is 24.3 Å². The van der Waals surface area contributed by atoms with Crippen LogP contribution in [0.5, 0.6) is 0 Å². The fraction of sp³-hybridized carbons (Fsp3) is 0.278. The standard InChI is InChI=1S/C18H17ClN2O/c19-16-6-7-17(15(10-16)11-20)21-12-14-8-9-22-18(14)13-4-2-1-3-5-13/h1-7,10,14,18,21H,8-9,12H2. The topological polar surface area (TPSA) is 45.0 Å². The van der Waals surface area contributed by atoms with E-state index in [2.05, 4.69) is 23.5 Å². The summed E-state index contributed by atoms with van der Waals surface area (Å²) in [4.78, 5) is 0. The highest BCUT2D eigenvalue weighted by molar-refractivity contribution is 6.30. The van der Waals surface area contributed by atoms with Crippen molar-refractivity contribution in [2.24, 2.45) is 5.92 Å². The van der Waals surface area contributed by atoms with Gasteiger partial charge in [0.15, 0.2) is 0 Å². The molecule has 0 amide bonds. The van der Waals surface area contributed by atoms with Crippen molar-refractivity contribution in [3.63, 3.8) is 0 Å². The lowest BCUT2D eigenvalue weighted by atomic mass is 9.95. The van der Waals surface area contributed by atoms with E-state index in [9.17, 15) is 5.26 Å². The number of nitriles is 1. The molecule has 0 bridgehead atoms. The molecule has 2 aromatic rings. The summed E-state index contributed by atoms with van der Waals surface area (Å²) in [5, 5.41) is 13.1. The van der Waals surface area contributed by atoms with Crippen molar-refractivity contribution in [2.75, 3.05) is 18.5 Å². The van der Waals surface area contributed by atoms with Crippen LogP contribution in [0.2, 0.25) is 5.02 Å². The predicted molar refractivity (Wildman–Crippen MR) is 87.9 cm³/mol. The number of hydrogen-bond acceptors (Lipinski definition) is 3. The van der Waals surface area contributed by atoms with Crippen LogP contribution in [0.15, 0.2) is 48.5 Å². The normalized spacial score (nSPS) is 20.5. The van der Waals surface area contributed by atoms with Crippen molar-refractivity contribution in [3.8, 4) is 6.07 Å². The lowest BCUT2D eigenvalue weighted by molar-refractivity contribution is 0.0933. The smallest absolute Gasteiger partial charge is 0.101 e. The van der Waals surface area contributed by atoms with Crippen LogP contribution in [-0.4, -0.2) is 13.2 Å². The Morgan fingerprint density at radius 3 is 2.82 bits per heavy atom. The van der Waals surface area contributed by atoms with Crippen LogP contribution in [0.3, 0.4) is 0 Å². The fourth-order valence-corrected chi connectivity index (χ4v) is 3.03. The summed E-state index contributed by atoms with van der Waals surface area (Å²) in [5.74, 6) is 0.393. The number of ether oxygens (including phenoxy) is 1. The van der Waals surface area contributed by atoms with Gasteiger partial charge in [-0.3, -0.25) is 0 Å². The SMILES string of the molecule is N#Cc1cc(Cl)ccc1NCC1CCOC1c1ccccc1. The van der Waals surface area contributed by atoms with E-state index in [1.165, 1.54) is 5.56 Å². The summed E-state index contributed by atoms with van der Waals surface area (Å²) in [6.45, 7) is 1.55. The summed E-state index contributed by atoms with van der Waals surface area (Å²) in [6, 6.07) is 17.8. The van der Waals surface area contributed by atoms with E-state index in [0.717, 1.165) is 25.3 Å². The van der Waals surface area contributed by atoms with Crippen molar-refractivity contribution in [3.05, 3.63) is 64.7 Å². The van der Waals surface area contributed by atoms with Crippen LogP contribution in [-0.2, 0) is 4.74 Å². The lowest BCUT2D eigenvalue weighted by Crippen LogP contribution is -2.18. The number of benzene rings is 2. The number of hydrogen-bond donors (Lipinski definition) is 1. The summed E-state index contributed by atoms with van der Waals surface area (Å²) >= 11 is 5.93. The minimum absolute atomic E-state index is 0.117. The predicted octanol–water partition coefficient (Wildman–Crippen LogP) is 4.40. The number of anilines is 1. The maximum absolute atomic E-state index is 9.19. The summed E-state index contributed by atoms with van der Waals surface area (Å²) in [6.07, 6.45) is 1.13. The minimum Gasteiger partial charge on any atom is -0.384 e. The molecule has 0 aliphatic carbocycles. The number of nitrogens with one attached hydrogen (secondary N) is 1. The first-order valence-electron chi connectivity index (χ1n) is 7.38. The number of nitrogens with zero attached hydrogens (tertiary/aromatic N) is 1. The third kappa shape index (κ3) is 3.24. The Bertz CT molecular complexity index is 681. The van der Waals surface area contributed by atoms with Gasteiger partial charge in [0.2, 0.25) is 0 Å². The molecule has 0 saturated carbocycles. The molecule has 0 spiro atoms. The Balaban J connectivity index is 1.70. The molecular weight excluding hydrogens is 296 g/mol. The Kier molecular flexibility index (Phi) is 4.62. The molecule has 4 heteroatoms. The van der Waals surface area contributed by atoms with Crippen LogP contribution >= 0.6 is 11.6 Å². The molecule has 1 saturated heterocycles. The molecule has 2 unspecified atom stereocenters. The Morgan fingerprint density at radius 2 is 2.05 bits per heavy atom. The second kappa shape index (κ2) is 6.83. The highest BCUT2D eigenvalue weighted by atomic mass is 35.5. The number of rotatable bonds is 4. The van der Waals surface area contributed by atoms with Crippen LogP contribution in [0.1, 0.15) is 23.7 Å². The summed E-state index contributed by atoms with van der Waals surface area (Å²) in [7, 11) is 0. The summed E-state index contributed by atoms with van der Waals surface area (Å²) < 4.78 is 5.89. The van der Waals surface area contributed by atoms with Gasteiger partial charge in [0, 0.05) is 24.1 Å². The van der Waals surface area contributed by atoms with Gasteiger partial charge < -0.3 is 10.1 Å². The van der Waals surface area contributed by atoms with Crippen molar-refractivity contribution >= 4 is 17.3 Å². The molecule has 0 aromatic heterocycles. The molecule has 1 fully saturated rings. The third-order valence-corrected chi connectivity index (χ3v) is 4.23. The van der Waals surface area contributed by atoms with E-state index < -0.39 is 0 Å². The summed E-state index contributed by atoms with van der Waals surface area (Å²) in [5.41, 5.74) is 2.61. The van der Waals surface area contributed by atoms with E-state index in [4.69, 9.17) is 16.3 Å². The first-order valence-corrected chi connectivity index (χ1v) is 7.76. The van der Waals surface area contributed by atoms with Gasteiger partial charge in [-0.25, -0.2) is 0 Å². The zero-order valence-corrected chi connectivity index (χ0v) is 12.9. The van der Waals surface area contributed by atoms with E-state index in [1.54, 1.807) is 12.1 Å². The highest BCUT2D eigenvalue weighted by Gasteiger charge is 2.29. The molecular formula is C18H17ClN2O. The van der Waals surface area contributed by atoms with E-state index in [0.29, 0.717) is 16.5 Å². The molecule has 3 nitrogen and oxygen atoms in total. The molecule has 1 N–H and O–H groups in total. The van der Waals surface area contributed by atoms with E-state index >= 15 is 0 Å². The van der Waals surface area contributed by atoms with Crippen LogP contribution in [0.25, 0.3) is 0 Å². The van der Waals surface area contributed by atoms with Gasteiger partial charge in [0.05, 0.1) is 17.4 Å². The molecule has 3 rings (SSSR count).